The molecule has 1 fully saturated rings. The Balaban J connectivity index is 2.87. The molecule has 1 aliphatic rings. The molecule has 0 radical (unpaired) electrons. The first-order chi connectivity index (χ1) is 5.73. The van der Waals surface area contributed by atoms with E-state index in [1.807, 2.05) is 6.08 Å². The molecule has 0 aromatic carbocycles. The van der Waals surface area contributed by atoms with Crippen LogP contribution < -0.4 is 0 Å². The predicted octanol–water partition coefficient (Wildman–Crippen LogP) is 2.59. The molecule has 1 nitrogen and oxygen atoms in total. The Bertz CT molecular complexity index is 215. The Labute approximate surface area is 74.1 Å². The monoisotopic (exact) mass is 164 g/mol. The highest BCUT2D eigenvalue weighted by Crippen LogP contribution is 2.33. The van der Waals surface area contributed by atoms with Crippen LogP contribution in [0, 0.1) is 0 Å². The SMILES string of the molecule is C=C/C=C1/CCCCC1(O)C=C. The Morgan fingerprint density at radius 2 is 2.08 bits per heavy atom. The van der Waals surface area contributed by atoms with Crippen LogP contribution in [0.15, 0.2) is 37.0 Å². The van der Waals surface area contributed by atoms with Gasteiger partial charge in [0.25, 0.3) is 0 Å². The van der Waals surface area contributed by atoms with Crippen molar-refractivity contribution in [3.05, 3.63) is 37.0 Å². The summed E-state index contributed by atoms with van der Waals surface area (Å²) in [5, 5.41) is 10.0. The van der Waals surface area contributed by atoms with Crippen molar-refractivity contribution in [1.82, 2.24) is 0 Å². The molecule has 0 saturated heterocycles. The van der Waals surface area contributed by atoms with Gasteiger partial charge in [0.05, 0.1) is 0 Å². The lowest BCUT2D eigenvalue weighted by Crippen LogP contribution is -2.31. The zero-order chi connectivity index (χ0) is 9.03. The molecule has 0 spiro atoms. The van der Waals surface area contributed by atoms with E-state index in [1.54, 1.807) is 12.2 Å². The van der Waals surface area contributed by atoms with Crippen molar-refractivity contribution in [3.63, 3.8) is 0 Å². The number of aliphatic hydroxyl groups is 1. The van der Waals surface area contributed by atoms with E-state index in [2.05, 4.69) is 13.2 Å². The normalized spacial score (nSPS) is 33.2. The lowest BCUT2D eigenvalue weighted by atomic mass is 9.80. The van der Waals surface area contributed by atoms with Crippen LogP contribution in [0.2, 0.25) is 0 Å². The topological polar surface area (TPSA) is 20.2 Å². The highest BCUT2D eigenvalue weighted by Gasteiger charge is 2.29. The van der Waals surface area contributed by atoms with Crippen LogP contribution in [0.1, 0.15) is 25.7 Å². The number of hydrogen-bond acceptors (Lipinski definition) is 1. The van der Waals surface area contributed by atoms with E-state index in [4.69, 9.17) is 0 Å². The van der Waals surface area contributed by atoms with E-state index in [1.165, 1.54) is 0 Å². The van der Waals surface area contributed by atoms with Crippen molar-refractivity contribution in [2.24, 2.45) is 0 Å². The first kappa shape index (κ1) is 9.27. The maximum Gasteiger partial charge on any atom is 0.104 e. The number of rotatable bonds is 2. The second-order valence-electron chi connectivity index (χ2n) is 3.26. The fourth-order valence-electron chi connectivity index (χ4n) is 1.69. The minimum absolute atomic E-state index is 0.758. The van der Waals surface area contributed by atoms with Gasteiger partial charge in [0.15, 0.2) is 0 Å². The minimum atomic E-state index is -0.758. The van der Waals surface area contributed by atoms with Crippen LogP contribution >= 0.6 is 0 Å². The van der Waals surface area contributed by atoms with Crippen molar-refractivity contribution >= 4 is 0 Å². The highest BCUT2D eigenvalue weighted by molar-refractivity contribution is 5.28. The Morgan fingerprint density at radius 3 is 2.67 bits per heavy atom. The highest BCUT2D eigenvalue weighted by atomic mass is 16.3. The van der Waals surface area contributed by atoms with Crippen molar-refractivity contribution in [1.29, 1.82) is 0 Å². The van der Waals surface area contributed by atoms with Gasteiger partial charge >= 0.3 is 0 Å². The molecule has 0 aliphatic heterocycles. The van der Waals surface area contributed by atoms with E-state index in [9.17, 15) is 5.11 Å². The fourth-order valence-corrected chi connectivity index (χ4v) is 1.69. The van der Waals surface area contributed by atoms with Gasteiger partial charge in [0, 0.05) is 0 Å². The molecular formula is C11H16O. The molecule has 1 aliphatic carbocycles. The lowest BCUT2D eigenvalue weighted by molar-refractivity contribution is 0.101. The van der Waals surface area contributed by atoms with E-state index < -0.39 is 5.60 Å². The van der Waals surface area contributed by atoms with Crippen LogP contribution in [-0.4, -0.2) is 10.7 Å². The molecule has 0 bridgehead atoms. The minimum Gasteiger partial charge on any atom is -0.381 e. The summed E-state index contributed by atoms with van der Waals surface area (Å²) in [7, 11) is 0. The molecule has 1 atom stereocenters. The van der Waals surface area contributed by atoms with Gasteiger partial charge in [-0.2, -0.15) is 0 Å². The quantitative estimate of drug-likeness (QED) is 0.622. The summed E-state index contributed by atoms with van der Waals surface area (Å²) in [5.74, 6) is 0. The number of hydrogen-bond donors (Lipinski definition) is 1. The molecule has 0 aromatic heterocycles. The fraction of sp³-hybridized carbons (Fsp3) is 0.455. The Hall–Kier alpha value is -0.820. The maximum absolute atomic E-state index is 10.0. The third kappa shape index (κ3) is 1.67. The number of allylic oxidation sites excluding steroid dienone is 2. The summed E-state index contributed by atoms with van der Waals surface area (Å²) in [5.41, 5.74) is 0.297. The van der Waals surface area contributed by atoms with E-state index >= 15 is 0 Å². The van der Waals surface area contributed by atoms with E-state index in [-0.39, 0.29) is 0 Å². The summed E-state index contributed by atoms with van der Waals surface area (Å²) >= 11 is 0. The van der Waals surface area contributed by atoms with Crippen LogP contribution in [0.3, 0.4) is 0 Å². The summed E-state index contributed by atoms with van der Waals surface area (Å²) in [6.07, 6.45) is 9.29. The molecule has 1 unspecified atom stereocenters. The van der Waals surface area contributed by atoms with E-state index in [0.29, 0.717) is 0 Å². The smallest absolute Gasteiger partial charge is 0.104 e. The zero-order valence-corrected chi connectivity index (χ0v) is 7.42. The molecule has 1 rings (SSSR count). The van der Waals surface area contributed by atoms with E-state index in [0.717, 1.165) is 31.3 Å². The molecule has 0 heterocycles. The van der Waals surface area contributed by atoms with Gasteiger partial charge in [0.2, 0.25) is 0 Å². The van der Waals surface area contributed by atoms with Gasteiger partial charge in [0.1, 0.15) is 5.60 Å². The average molecular weight is 164 g/mol. The maximum atomic E-state index is 10.0. The first-order valence-electron chi connectivity index (χ1n) is 4.41. The standard InChI is InChI=1S/C11H16O/c1-3-7-10-8-5-6-9-11(10,12)4-2/h3-4,7,12H,1-2,5-6,8-9H2/b10-7-. The van der Waals surface area contributed by atoms with Gasteiger partial charge in [-0.3, -0.25) is 0 Å². The molecule has 1 heteroatoms. The zero-order valence-electron chi connectivity index (χ0n) is 7.42. The van der Waals surface area contributed by atoms with Gasteiger partial charge < -0.3 is 5.11 Å². The van der Waals surface area contributed by atoms with Crippen molar-refractivity contribution in [3.8, 4) is 0 Å². The summed E-state index contributed by atoms with van der Waals surface area (Å²) in [6, 6.07) is 0. The Kier molecular flexibility index (Phi) is 2.88. The predicted molar refractivity (Wildman–Crippen MR) is 51.9 cm³/mol. The van der Waals surface area contributed by atoms with Crippen molar-refractivity contribution < 1.29 is 5.11 Å². The largest absolute Gasteiger partial charge is 0.381 e. The molecule has 0 amide bonds. The summed E-state index contributed by atoms with van der Waals surface area (Å²) < 4.78 is 0. The summed E-state index contributed by atoms with van der Waals surface area (Å²) in [4.78, 5) is 0. The molecule has 0 aromatic rings. The Morgan fingerprint density at radius 1 is 1.33 bits per heavy atom. The molecule has 12 heavy (non-hydrogen) atoms. The lowest BCUT2D eigenvalue weighted by Gasteiger charge is -2.31. The third-order valence-corrected chi connectivity index (χ3v) is 2.47. The molecule has 1 saturated carbocycles. The van der Waals surface area contributed by atoms with Gasteiger partial charge in [-0.1, -0.05) is 31.4 Å². The first-order valence-corrected chi connectivity index (χ1v) is 4.41. The van der Waals surface area contributed by atoms with Crippen molar-refractivity contribution in [2.75, 3.05) is 0 Å². The van der Waals surface area contributed by atoms with Crippen LogP contribution in [0.4, 0.5) is 0 Å². The van der Waals surface area contributed by atoms with Gasteiger partial charge in [-0.25, -0.2) is 0 Å². The van der Waals surface area contributed by atoms with Crippen LogP contribution in [0.25, 0.3) is 0 Å². The van der Waals surface area contributed by atoms with Crippen LogP contribution in [0.5, 0.6) is 0 Å². The molecule has 66 valence electrons. The van der Waals surface area contributed by atoms with Gasteiger partial charge in [-0.05, 0) is 31.3 Å². The molecule has 1 N–H and O–H groups in total. The third-order valence-electron chi connectivity index (χ3n) is 2.47. The summed E-state index contributed by atoms with van der Waals surface area (Å²) in [6.45, 7) is 7.30. The average Bonchev–Trinajstić information content (AvgIpc) is 2.10. The second-order valence-corrected chi connectivity index (χ2v) is 3.26. The van der Waals surface area contributed by atoms with Crippen LogP contribution in [-0.2, 0) is 0 Å². The molecular weight excluding hydrogens is 148 g/mol. The second kappa shape index (κ2) is 3.72. The van der Waals surface area contributed by atoms with Crippen molar-refractivity contribution in [2.45, 2.75) is 31.3 Å². The van der Waals surface area contributed by atoms with Gasteiger partial charge in [-0.15, -0.1) is 0 Å².